The summed E-state index contributed by atoms with van der Waals surface area (Å²) in [5, 5.41) is 9.48. The molecular weight excluding hydrogens is 270 g/mol. The number of fused-ring (bicyclic) bond motifs is 1. The number of hydrogen-bond donors (Lipinski definition) is 2. The Morgan fingerprint density at radius 1 is 1.48 bits per heavy atom. The van der Waals surface area contributed by atoms with Crippen LogP contribution in [0.1, 0.15) is 21.7 Å². The van der Waals surface area contributed by atoms with Crippen LogP contribution in [0, 0.1) is 6.92 Å². The molecular formula is C15H15N3O3. The van der Waals surface area contributed by atoms with Gasteiger partial charge in [-0.05, 0) is 25.1 Å². The van der Waals surface area contributed by atoms with Crippen LogP contribution in [0.5, 0.6) is 5.75 Å². The van der Waals surface area contributed by atoms with Gasteiger partial charge >= 0.3 is 0 Å². The lowest BCUT2D eigenvalue weighted by molar-refractivity contribution is -0.121. The molecule has 1 atom stereocenters. The fraction of sp³-hybridized carbons (Fsp3) is 0.267. The molecule has 0 saturated carbocycles. The molecule has 1 aromatic carbocycles. The third kappa shape index (κ3) is 2.79. The van der Waals surface area contributed by atoms with Crippen molar-refractivity contribution in [1.82, 2.24) is 15.5 Å². The van der Waals surface area contributed by atoms with Crippen LogP contribution in [0.3, 0.4) is 0 Å². The van der Waals surface area contributed by atoms with Crippen LogP contribution in [0.15, 0.2) is 30.3 Å². The van der Waals surface area contributed by atoms with Gasteiger partial charge in [0.25, 0.3) is 0 Å². The van der Waals surface area contributed by atoms with Gasteiger partial charge in [0, 0.05) is 5.69 Å². The average Bonchev–Trinajstić information content (AvgIpc) is 2.87. The van der Waals surface area contributed by atoms with Gasteiger partial charge in [-0.1, -0.05) is 12.1 Å². The Hall–Kier alpha value is -2.63. The molecule has 6 nitrogen and oxygen atoms in total. The zero-order chi connectivity index (χ0) is 14.8. The highest BCUT2D eigenvalue weighted by atomic mass is 16.5. The van der Waals surface area contributed by atoms with Gasteiger partial charge < -0.3 is 10.1 Å². The number of nitrogens with one attached hydrogen (secondary N) is 2. The summed E-state index contributed by atoms with van der Waals surface area (Å²) in [5.41, 5.74) is 2.04. The Labute approximate surface area is 121 Å². The third-order valence-corrected chi connectivity index (χ3v) is 3.31. The Bertz CT molecular complexity index is 693. The first kappa shape index (κ1) is 13.4. The van der Waals surface area contributed by atoms with E-state index in [9.17, 15) is 9.59 Å². The number of aromatic nitrogens is 2. The normalized spacial score (nSPS) is 17.0. The van der Waals surface area contributed by atoms with Gasteiger partial charge in [0.1, 0.15) is 18.4 Å². The summed E-state index contributed by atoms with van der Waals surface area (Å²) in [4.78, 5) is 24.3. The molecule has 1 aliphatic heterocycles. The number of ether oxygens (including phenoxy) is 1. The lowest BCUT2D eigenvalue weighted by Gasteiger charge is -2.24. The van der Waals surface area contributed by atoms with Crippen LogP contribution in [0.2, 0.25) is 0 Å². The minimum Gasteiger partial charge on any atom is -0.490 e. The minimum atomic E-state index is -0.646. The van der Waals surface area contributed by atoms with Gasteiger partial charge in [0.15, 0.2) is 5.78 Å². The number of para-hydroxylation sites is 1. The van der Waals surface area contributed by atoms with E-state index >= 15 is 0 Å². The SMILES string of the molecule is Cc1cc(CC(=O)N[C@@H]2COc3ccccc3C2=O)n[nH]1. The number of carbonyl (C=O) groups excluding carboxylic acids is 2. The fourth-order valence-electron chi connectivity index (χ4n) is 2.31. The first-order chi connectivity index (χ1) is 10.1. The molecule has 0 spiro atoms. The van der Waals surface area contributed by atoms with Crippen molar-refractivity contribution < 1.29 is 14.3 Å². The van der Waals surface area contributed by atoms with E-state index in [1.54, 1.807) is 24.3 Å². The van der Waals surface area contributed by atoms with E-state index in [2.05, 4.69) is 15.5 Å². The standard InChI is InChI=1S/C15H15N3O3/c1-9-6-10(18-17-9)7-14(19)16-12-8-21-13-5-3-2-4-11(13)15(12)20/h2-6,12H,7-8H2,1H3,(H,16,19)(H,17,18)/t12-/m1/s1. The topological polar surface area (TPSA) is 84.1 Å². The summed E-state index contributed by atoms with van der Waals surface area (Å²) >= 11 is 0. The van der Waals surface area contributed by atoms with E-state index < -0.39 is 6.04 Å². The monoisotopic (exact) mass is 285 g/mol. The summed E-state index contributed by atoms with van der Waals surface area (Å²) in [5.74, 6) is 0.196. The zero-order valence-electron chi connectivity index (χ0n) is 11.6. The van der Waals surface area contributed by atoms with E-state index in [1.165, 1.54) is 0 Å². The first-order valence-electron chi connectivity index (χ1n) is 6.70. The third-order valence-electron chi connectivity index (χ3n) is 3.31. The molecule has 2 aromatic rings. The average molecular weight is 285 g/mol. The van der Waals surface area contributed by atoms with Gasteiger partial charge in [0.2, 0.25) is 5.91 Å². The molecule has 0 saturated heterocycles. The molecule has 3 rings (SSSR count). The maximum atomic E-state index is 12.3. The maximum absolute atomic E-state index is 12.3. The van der Waals surface area contributed by atoms with Crippen LogP contribution < -0.4 is 10.1 Å². The van der Waals surface area contributed by atoms with Crippen molar-refractivity contribution in [2.24, 2.45) is 0 Å². The van der Waals surface area contributed by atoms with E-state index in [1.807, 2.05) is 13.0 Å². The van der Waals surface area contributed by atoms with Crippen molar-refractivity contribution in [2.75, 3.05) is 6.61 Å². The number of benzene rings is 1. The Morgan fingerprint density at radius 2 is 2.29 bits per heavy atom. The van der Waals surface area contributed by atoms with Crippen molar-refractivity contribution in [2.45, 2.75) is 19.4 Å². The summed E-state index contributed by atoms with van der Waals surface area (Å²) in [7, 11) is 0. The highest BCUT2D eigenvalue weighted by molar-refractivity contribution is 6.05. The summed E-state index contributed by atoms with van der Waals surface area (Å²) < 4.78 is 5.50. The Morgan fingerprint density at radius 3 is 3.05 bits per heavy atom. The van der Waals surface area contributed by atoms with E-state index in [-0.39, 0.29) is 24.7 Å². The number of Topliss-reactive ketones (excluding diaryl/α,β-unsaturated/α-hetero) is 1. The molecule has 1 amide bonds. The number of carbonyl (C=O) groups is 2. The minimum absolute atomic E-state index is 0.122. The molecule has 0 fully saturated rings. The first-order valence-corrected chi connectivity index (χ1v) is 6.70. The fourth-order valence-corrected chi connectivity index (χ4v) is 2.31. The van der Waals surface area contributed by atoms with Crippen LogP contribution >= 0.6 is 0 Å². The molecule has 0 unspecified atom stereocenters. The second kappa shape index (κ2) is 5.40. The van der Waals surface area contributed by atoms with Crippen molar-refractivity contribution in [3.63, 3.8) is 0 Å². The predicted molar refractivity (Wildman–Crippen MR) is 75.2 cm³/mol. The Balaban J connectivity index is 1.66. The van der Waals surface area contributed by atoms with E-state index in [4.69, 9.17) is 4.74 Å². The Kier molecular flexibility index (Phi) is 3.43. The molecule has 0 radical (unpaired) electrons. The molecule has 2 N–H and O–H groups in total. The summed E-state index contributed by atoms with van der Waals surface area (Å²) in [6.45, 7) is 2.02. The van der Waals surface area contributed by atoms with Gasteiger partial charge in [-0.3, -0.25) is 14.7 Å². The molecule has 1 aromatic heterocycles. The highest BCUT2D eigenvalue weighted by Crippen LogP contribution is 2.23. The van der Waals surface area contributed by atoms with Crippen molar-refractivity contribution in [1.29, 1.82) is 0 Å². The molecule has 2 heterocycles. The number of ketones is 1. The molecule has 0 aliphatic carbocycles. The highest BCUT2D eigenvalue weighted by Gasteiger charge is 2.29. The lowest BCUT2D eigenvalue weighted by atomic mass is 10.0. The van der Waals surface area contributed by atoms with Crippen LogP contribution in [-0.2, 0) is 11.2 Å². The summed E-state index contributed by atoms with van der Waals surface area (Å²) in [6, 6.07) is 8.19. The quantitative estimate of drug-likeness (QED) is 0.882. The second-order valence-electron chi connectivity index (χ2n) is 5.01. The molecule has 1 aliphatic rings. The number of rotatable bonds is 3. The number of H-pyrrole nitrogens is 1. The van der Waals surface area contributed by atoms with Crippen molar-refractivity contribution >= 4 is 11.7 Å². The second-order valence-corrected chi connectivity index (χ2v) is 5.01. The van der Waals surface area contributed by atoms with Crippen molar-refractivity contribution in [3.8, 4) is 5.75 Å². The number of hydrogen-bond acceptors (Lipinski definition) is 4. The van der Waals surface area contributed by atoms with Crippen LogP contribution in [-0.4, -0.2) is 34.5 Å². The van der Waals surface area contributed by atoms with E-state index in [0.717, 1.165) is 5.69 Å². The zero-order valence-corrected chi connectivity index (χ0v) is 11.6. The largest absolute Gasteiger partial charge is 0.490 e. The summed E-state index contributed by atoms with van der Waals surface area (Å²) in [6.07, 6.45) is 0.135. The molecule has 108 valence electrons. The van der Waals surface area contributed by atoms with E-state index in [0.29, 0.717) is 17.0 Å². The van der Waals surface area contributed by atoms with Gasteiger partial charge in [0.05, 0.1) is 17.7 Å². The molecule has 6 heteroatoms. The van der Waals surface area contributed by atoms with Crippen LogP contribution in [0.4, 0.5) is 0 Å². The van der Waals surface area contributed by atoms with Crippen LogP contribution in [0.25, 0.3) is 0 Å². The number of nitrogens with zero attached hydrogens (tertiary/aromatic N) is 1. The van der Waals surface area contributed by atoms with Gasteiger partial charge in [-0.2, -0.15) is 5.10 Å². The number of amides is 1. The van der Waals surface area contributed by atoms with Crippen molar-refractivity contribution in [3.05, 3.63) is 47.3 Å². The number of aromatic amines is 1. The molecule has 0 bridgehead atoms. The molecule has 21 heavy (non-hydrogen) atoms. The lowest BCUT2D eigenvalue weighted by Crippen LogP contribution is -2.47. The van der Waals surface area contributed by atoms with Gasteiger partial charge in [-0.25, -0.2) is 0 Å². The van der Waals surface area contributed by atoms with Gasteiger partial charge in [-0.15, -0.1) is 0 Å². The maximum Gasteiger partial charge on any atom is 0.226 e. The predicted octanol–water partition coefficient (Wildman–Crippen LogP) is 1.02. The number of aryl methyl sites for hydroxylation is 1. The smallest absolute Gasteiger partial charge is 0.226 e.